The van der Waals surface area contributed by atoms with Crippen molar-refractivity contribution in [2.45, 2.75) is 26.9 Å². The van der Waals surface area contributed by atoms with E-state index >= 15 is 0 Å². The van der Waals surface area contributed by atoms with E-state index in [1.165, 1.54) is 12.1 Å². The van der Waals surface area contributed by atoms with E-state index in [2.05, 4.69) is 14.9 Å². The van der Waals surface area contributed by atoms with Gasteiger partial charge in [0.05, 0.1) is 0 Å². The van der Waals surface area contributed by atoms with Gasteiger partial charge in [-0.05, 0) is 22.8 Å². The van der Waals surface area contributed by atoms with Crippen LogP contribution in [0.25, 0.3) is 10.7 Å². The van der Waals surface area contributed by atoms with Gasteiger partial charge >= 0.3 is 6.18 Å². The molecule has 1 N–H and O–H groups in total. The first-order valence-corrected chi connectivity index (χ1v) is 8.98. The Labute approximate surface area is 186 Å². The summed E-state index contributed by atoms with van der Waals surface area (Å²) >= 11 is 0. The average Bonchev–Trinajstić information content (AvgIpc) is 3.04. The van der Waals surface area contributed by atoms with Crippen LogP contribution >= 0.6 is 0 Å². The normalized spacial score (nSPS) is 14.9. The first-order valence-electron chi connectivity index (χ1n) is 7.54. The van der Waals surface area contributed by atoms with E-state index in [9.17, 15) is 26.7 Å². The number of alkyl halides is 3. The number of hydrogen-bond donors (Lipinski definition) is 1. The van der Waals surface area contributed by atoms with E-state index < -0.39 is 44.9 Å². The van der Waals surface area contributed by atoms with Crippen molar-refractivity contribution in [1.82, 2.24) is 10.3 Å². The molecule has 0 atom stereocenters. The second-order valence-electron chi connectivity index (χ2n) is 5.06. The molecule has 12 heteroatoms. The molecule has 1 radical (unpaired) electrons. The summed E-state index contributed by atoms with van der Waals surface area (Å²) in [5.74, 6) is -1.51. The molecule has 0 aliphatic carbocycles. The molecule has 1 aliphatic heterocycles. The van der Waals surface area contributed by atoms with Gasteiger partial charge in [-0.3, -0.25) is 0 Å². The van der Waals surface area contributed by atoms with Crippen LogP contribution in [0.4, 0.5) is 19.0 Å². The van der Waals surface area contributed by atoms with E-state index in [4.69, 9.17) is 0 Å². The van der Waals surface area contributed by atoms with Gasteiger partial charge in [-0.1, -0.05) is 38.1 Å². The Hall–Kier alpha value is -1.46. The quantitative estimate of drug-likeness (QED) is 0.634. The van der Waals surface area contributed by atoms with E-state index in [0.717, 1.165) is 0 Å². The predicted molar refractivity (Wildman–Crippen MR) is 95.0 cm³/mol. The van der Waals surface area contributed by atoms with Crippen LogP contribution in [-0.2, 0) is 42.7 Å². The van der Waals surface area contributed by atoms with Crippen molar-refractivity contribution in [2.24, 2.45) is 0 Å². The Kier molecular flexibility index (Phi) is 9.33. The summed E-state index contributed by atoms with van der Waals surface area (Å²) in [7, 11) is -4.73. The van der Waals surface area contributed by atoms with E-state index in [1.54, 1.807) is 19.1 Å². The molecule has 153 valence electrons. The average molecular weight is 495 g/mol. The molecule has 0 saturated carbocycles. The summed E-state index contributed by atoms with van der Waals surface area (Å²) in [5.41, 5.74) is 0.0534. The molecule has 0 saturated heterocycles. The van der Waals surface area contributed by atoms with E-state index in [0.29, 0.717) is 5.56 Å². The Balaban J connectivity index is 0.00000177. The van der Waals surface area contributed by atoms with Crippen LogP contribution in [0.5, 0.6) is 0 Å². The van der Waals surface area contributed by atoms with Crippen molar-refractivity contribution in [2.75, 3.05) is 10.8 Å². The van der Waals surface area contributed by atoms with Gasteiger partial charge in [0, 0.05) is 38.3 Å². The number of fused-ring (bicyclic) bond motifs is 1. The van der Waals surface area contributed by atoms with Crippen LogP contribution in [0.2, 0.25) is 0 Å². The predicted octanol–water partition coefficient (Wildman–Crippen LogP) is 3.95. The van der Waals surface area contributed by atoms with E-state index in [1.807, 2.05) is 13.8 Å². The maximum atomic E-state index is 12.8. The molecular formula is C16H19F3N3O4SY-. The van der Waals surface area contributed by atoms with E-state index in [-0.39, 0.29) is 50.0 Å². The van der Waals surface area contributed by atoms with Crippen molar-refractivity contribution < 1.29 is 64.0 Å². The molecule has 3 rings (SSSR count). The Morgan fingerprint density at radius 3 is 2.29 bits per heavy atom. The number of aromatic nitrogens is 2. The van der Waals surface area contributed by atoms with Crippen molar-refractivity contribution in [1.29, 1.82) is 0 Å². The number of aliphatic hydroxyl groups is 1. The zero-order valence-corrected chi connectivity index (χ0v) is 19.3. The third kappa shape index (κ3) is 4.93. The van der Waals surface area contributed by atoms with Gasteiger partial charge in [-0.2, -0.15) is 13.2 Å². The fourth-order valence-corrected chi connectivity index (χ4v) is 4.10. The monoisotopic (exact) mass is 495 g/mol. The zero-order chi connectivity index (χ0) is 19.7. The minimum atomic E-state index is -4.83. The molecule has 1 aliphatic rings. The summed E-state index contributed by atoms with van der Waals surface area (Å²) in [6.45, 7) is 3.75. The van der Waals surface area contributed by atoms with Crippen molar-refractivity contribution in [3.05, 3.63) is 48.5 Å². The van der Waals surface area contributed by atoms with Crippen molar-refractivity contribution >= 4 is 26.5 Å². The molecule has 0 bridgehead atoms. The summed E-state index contributed by atoms with van der Waals surface area (Å²) < 4.78 is 68.3. The molecule has 7 nitrogen and oxygen atoms in total. The Bertz CT molecular complexity index is 943. The van der Waals surface area contributed by atoms with Crippen LogP contribution in [-0.4, -0.2) is 36.6 Å². The fourth-order valence-electron chi connectivity index (χ4n) is 2.37. The van der Waals surface area contributed by atoms with Gasteiger partial charge in [0.15, 0.2) is 11.5 Å². The van der Waals surface area contributed by atoms with Crippen molar-refractivity contribution in [3.8, 4) is 0 Å². The first kappa shape index (κ1) is 26.5. The summed E-state index contributed by atoms with van der Waals surface area (Å²) in [4.78, 5) is -0.673. The first-order chi connectivity index (χ1) is 12.1. The number of rotatable bonds is 2. The molecule has 0 unspecified atom stereocenters. The standard InChI is InChI=1S/C13H10F3N3O4S.C2H6.CH3.Y/c1-7-4-2-3-5-8(7)11-10(20)9-12(18-23-17-9)19(24(11,21)22)6-13(14,15)16;1-2;;/h2-5,20H,6H2,1H3;1-2H3;1H3;/q;;-1;. The topological polar surface area (TPSA) is 96.5 Å². The second kappa shape index (κ2) is 9.84. The largest absolute Gasteiger partial charge is 0.504 e. The van der Waals surface area contributed by atoms with Gasteiger partial charge in [-0.15, -0.1) is 0 Å². The van der Waals surface area contributed by atoms with Gasteiger partial charge in [0.1, 0.15) is 11.4 Å². The number of aryl methyl sites for hydroxylation is 1. The number of nitrogens with zero attached hydrogens (tertiary/aromatic N) is 3. The Morgan fingerprint density at radius 1 is 1.18 bits per heavy atom. The summed E-state index contributed by atoms with van der Waals surface area (Å²) in [6.07, 6.45) is -4.83. The molecule has 28 heavy (non-hydrogen) atoms. The second-order valence-corrected chi connectivity index (χ2v) is 6.86. The summed E-state index contributed by atoms with van der Waals surface area (Å²) in [6, 6.07) is 6.07. The van der Waals surface area contributed by atoms with Gasteiger partial charge in [0.2, 0.25) is 5.82 Å². The van der Waals surface area contributed by atoms with Gasteiger partial charge in [-0.25, -0.2) is 17.4 Å². The number of hydrogen-bond acceptors (Lipinski definition) is 6. The summed E-state index contributed by atoms with van der Waals surface area (Å²) in [5, 5.41) is 16.8. The van der Waals surface area contributed by atoms with Crippen LogP contribution in [0.15, 0.2) is 28.9 Å². The molecule has 0 amide bonds. The maximum Gasteiger partial charge on any atom is 0.407 e. The molecular weight excluding hydrogens is 476 g/mol. The number of benzene rings is 1. The van der Waals surface area contributed by atoms with Crippen LogP contribution < -0.4 is 4.31 Å². The smallest absolute Gasteiger partial charge is 0.407 e. The minimum absolute atomic E-state index is 0. The number of aliphatic hydroxyl groups excluding tert-OH is 1. The maximum absolute atomic E-state index is 12.8. The fraction of sp³-hybridized carbons (Fsp3) is 0.312. The van der Waals surface area contributed by atoms with Gasteiger partial charge < -0.3 is 12.5 Å². The number of sulfonamides is 1. The van der Waals surface area contributed by atoms with Crippen LogP contribution in [0.1, 0.15) is 30.7 Å². The minimum Gasteiger partial charge on any atom is -0.504 e. The molecule has 2 heterocycles. The molecule has 1 aromatic heterocycles. The molecule has 1 aromatic carbocycles. The van der Waals surface area contributed by atoms with Gasteiger partial charge in [0.25, 0.3) is 10.0 Å². The third-order valence-electron chi connectivity index (χ3n) is 3.41. The number of anilines is 1. The molecule has 0 fully saturated rings. The SMILES string of the molecule is CC.Cc1ccccc1C1=C(O)c2nonc2N(CC(F)(F)F)S1(=O)=O.[CH3-].[Y]. The zero-order valence-electron chi connectivity index (χ0n) is 15.6. The third-order valence-corrected chi connectivity index (χ3v) is 5.22. The van der Waals surface area contributed by atoms with Crippen molar-refractivity contribution in [3.63, 3.8) is 0 Å². The Morgan fingerprint density at radius 2 is 1.75 bits per heavy atom. The van der Waals surface area contributed by atoms with Crippen LogP contribution in [0.3, 0.4) is 0 Å². The molecule has 0 spiro atoms. The van der Waals surface area contributed by atoms with Crippen LogP contribution in [0, 0.1) is 14.4 Å². The molecule has 2 aromatic rings. The number of halogens is 3.